The number of nitrogens with zero attached hydrogens (tertiary/aromatic N) is 4. The second-order valence-corrected chi connectivity index (χ2v) is 8.74. The quantitative estimate of drug-likeness (QED) is 0.226. The lowest BCUT2D eigenvalue weighted by atomic mass is 10.1. The van der Waals surface area contributed by atoms with Crippen LogP contribution in [0.25, 0.3) is 0 Å². The largest absolute Gasteiger partial charge is 0.379 e. The van der Waals surface area contributed by atoms with Gasteiger partial charge < -0.3 is 15.4 Å². The number of nitrogens with one attached hydrogen (secondary N) is 3. The smallest absolute Gasteiger partial charge is 0.229 e. The van der Waals surface area contributed by atoms with Crippen LogP contribution in [0.5, 0.6) is 0 Å². The highest BCUT2D eigenvalue weighted by atomic mass is 35.5. The SMILES string of the molecule is Cc1cc(C)nc(NC(=NCCc2ccc(Cl)cc2)NC(=S)NCCCN2CCOCC2)n1. The van der Waals surface area contributed by atoms with Gasteiger partial charge in [-0.25, -0.2) is 9.97 Å². The lowest BCUT2D eigenvalue weighted by Crippen LogP contribution is -2.44. The standard InChI is InChI=1S/C23H32ClN7OS/c1-17-16-18(2)28-22(27-17)29-21(25-10-8-19-4-6-20(24)7-5-19)30-23(33)26-9-3-11-31-12-14-32-15-13-31/h4-7,16H,3,8-15H2,1-2H3,(H3,25,26,27,28,29,30,33). The second kappa shape index (κ2) is 13.4. The predicted octanol–water partition coefficient (Wildman–Crippen LogP) is 2.94. The van der Waals surface area contributed by atoms with Gasteiger partial charge in [0.2, 0.25) is 11.9 Å². The van der Waals surface area contributed by atoms with Crippen molar-refractivity contribution < 1.29 is 4.74 Å². The molecule has 0 bridgehead atoms. The Bertz CT molecular complexity index is 913. The Kier molecular flexibility index (Phi) is 10.3. The molecule has 0 radical (unpaired) electrons. The van der Waals surface area contributed by atoms with Crippen LogP contribution in [0.3, 0.4) is 0 Å². The summed E-state index contributed by atoms with van der Waals surface area (Å²) in [5.74, 6) is 1.00. The molecule has 2 aromatic rings. The number of anilines is 1. The van der Waals surface area contributed by atoms with Gasteiger partial charge in [0.15, 0.2) is 5.11 Å². The number of aryl methyl sites for hydroxylation is 2. The number of hydrogen-bond acceptors (Lipinski definition) is 6. The van der Waals surface area contributed by atoms with E-state index in [4.69, 9.17) is 28.6 Å². The van der Waals surface area contributed by atoms with E-state index in [1.165, 1.54) is 0 Å². The van der Waals surface area contributed by atoms with Crippen molar-refractivity contribution >= 4 is 40.8 Å². The van der Waals surface area contributed by atoms with Gasteiger partial charge in [0.1, 0.15) is 0 Å². The maximum Gasteiger partial charge on any atom is 0.229 e. The maximum absolute atomic E-state index is 5.97. The highest BCUT2D eigenvalue weighted by molar-refractivity contribution is 7.80. The zero-order valence-electron chi connectivity index (χ0n) is 19.2. The summed E-state index contributed by atoms with van der Waals surface area (Å²) in [5.41, 5.74) is 2.93. The number of benzene rings is 1. The number of halogens is 1. The first-order valence-corrected chi connectivity index (χ1v) is 12.0. The number of aliphatic imine (C=N–C) groups is 1. The first kappa shape index (κ1) is 25.3. The summed E-state index contributed by atoms with van der Waals surface area (Å²) in [5, 5.41) is 10.8. The van der Waals surface area contributed by atoms with Gasteiger partial charge in [0.25, 0.3) is 0 Å². The minimum absolute atomic E-state index is 0.486. The van der Waals surface area contributed by atoms with E-state index in [0.717, 1.165) is 74.2 Å². The number of thiocarbonyl (C=S) groups is 1. The molecule has 1 fully saturated rings. The van der Waals surface area contributed by atoms with Crippen molar-refractivity contribution in [3.8, 4) is 0 Å². The zero-order valence-corrected chi connectivity index (χ0v) is 20.8. The summed E-state index contributed by atoms with van der Waals surface area (Å²) >= 11 is 11.5. The summed E-state index contributed by atoms with van der Waals surface area (Å²) in [6.45, 7) is 9.86. The number of ether oxygens (including phenoxy) is 1. The first-order valence-electron chi connectivity index (χ1n) is 11.2. The van der Waals surface area contributed by atoms with Gasteiger partial charge in [0.05, 0.1) is 13.2 Å². The van der Waals surface area contributed by atoms with Crippen LogP contribution in [0.2, 0.25) is 5.02 Å². The highest BCUT2D eigenvalue weighted by Gasteiger charge is 2.10. The fraction of sp³-hybridized carbons (Fsp3) is 0.478. The Balaban J connectivity index is 1.54. The molecule has 33 heavy (non-hydrogen) atoms. The molecule has 2 heterocycles. The van der Waals surface area contributed by atoms with Crippen molar-refractivity contribution in [3.63, 3.8) is 0 Å². The van der Waals surface area contributed by atoms with Crippen LogP contribution in [0.4, 0.5) is 5.95 Å². The Morgan fingerprint density at radius 1 is 1.15 bits per heavy atom. The summed E-state index contributed by atoms with van der Waals surface area (Å²) in [6, 6.07) is 9.71. The molecule has 3 rings (SSSR count). The summed E-state index contributed by atoms with van der Waals surface area (Å²) in [7, 11) is 0. The first-order chi connectivity index (χ1) is 16.0. The fourth-order valence-corrected chi connectivity index (χ4v) is 3.75. The normalized spacial score (nSPS) is 14.7. The summed E-state index contributed by atoms with van der Waals surface area (Å²) in [4.78, 5) is 16.0. The zero-order chi connectivity index (χ0) is 23.5. The molecule has 178 valence electrons. The van der Waals surface area contributed by atoms with Gasteiger partial charge in [-0.2, -0.15) is 0 Å². The van der Waals surface area contributed by atoms with Crippen LogP contribution in [-0.4, -0.2) is 71.9 Å². The molecule has 0 atom stereocenters. The lowest BCUT2D eigenvalue weighted by molar-refractivity contribution is 0.0376. The van der Waals surface area contributed by atoms with Gasteiger partial charge in [0, 0.05) is 42.6 Å². The van der Waals surface area contributed by atoms with Crippen molar-refractivity contribution in [3.05, 3.63) is 52.3 Å². The van der Waals surface area contributed by atoms with Gasteiger partial charge in [-0.3, -0.25) is 15.2 Å². The molecule has 0 amide bonds. The molecule has 1 aliphatic heterocycles. The second-order valence-electron chi connectivity index (χ2n) is 7.89. The number of rotatable bonds is 8. The average Bonchev–Trinajstić information content (AvgIpc) is 2.78. The van der Waals surface area contributed by atoms with E-state index < -0.39 is 0 Å². The summed E-state index contributed by atoms with van der Waals surface area (Å²) < 4.78 is 5.39. The number of hydrogen-bond donors (Lipinski definition) is 3. The topological polar surface area (TPSA) is 86.7 Å². The van der Waals surface area contributed by atoms with E-state index in [1.54, 1.807) is 0 Å². The third kappa shape index (κ3) is 9.59. The van der Waals surface area contributed by atoms with Crippen LogP contribution in [0, 0.1) is 13.8 Å². The Morgan fingerprint density at radius 2 is 1.85 bits per heavy atom. The molecule has 1 aliphatic rings. The molecule has 10 heteroatoms. The number of morpholine rings is 1. The molecule has 0 aliphatic carbocycles. The van der Waals surface area contributed by atoms with Gasteiger partial charge in [-0.05, 0) is 69.2 Å². The van der Waals surface area contributed by atoms with E-state index in [0.29, 0.717) is 23.6 Å². The Morgan fingerprint density at radius 3 is 2.55 bits per heavy atom. The van der Waals surface area contributed by atoms with Crippen LogP contribution in [-0.2, 0) is 11.2 Å². The average molecular weight is 490 g/mol. The van der Waals surface area contributed by atoms with Crippen LogP contribution in [0.15, 0.2) is 35.3 Å². The van der Waals surface area contributed by atoms with Crippen molar-refractivity contribution in [2.75, 3.05) is 51.3 Å². The predicted molar refractivity (Wildman–Crippen MR) is 138 cm³/mol. The maximum atomic E-state index is 5.97. The van der Waals surface area contributed by atoms with Gasteiger partial charge >= 0.3 is 0 Å². The lowest BCUT2D eigenvalue weighted by Gasteiger charge is -2.26. The third-order valence-corrected chi connectivity index (χ3v) is 5.57. The summed E-state index contributed by atoms with van der Waals surface area (Å²) in [6.07, 6.45) is 1.77. The van der Waals surface area contributed by atoms with Gasteiger partial charge in [-0.15, -0.1) is 0 Å². The van der Waals surface area contributed by atoms with E-state index >= 15 is 0 Å². The van der Waals surface area contributed by atoms with Gasteiger partial charge in [-0.1, -0.05) is 23.7 Å². The highest BCUT2D eigenvalue weighted by Crippen LogP contribution is 2.10. The van der Waals surface area contributed by atoms with Crippen LogP contribution < -0.4 is 16.0 Å². The molecule has 1 aromatic carbocycles. The molecule has 1 aromatic heterocycles. The minimum atomic E-state index is 0.486. The molecular formula is C23H32ClN7OS. The van der Waals surface area contributed by atoms with Crippen molar-refractivity contribution in [2.24, 2.45) is 4.99 Å². The third-order valence-electron chi connectivity index (χ3n) is 5.07. The number of guanidine groups is 1. The monoisotopic (exact) mass is 489 g/mol. The number of aromatic nitrogens is 2. The molecule has 3 N–H and O–H groups in total. The van der Waals surface area contributed by atoms with Crippen molar-refractivity contribution in [1.29, 1.82) is 0 Å². The van der Waals surface area contributed by atoms with E-state index in [9.17, 15) is 0 Å². The molecule has 0 unspecified atom stereocenters. The fourth-order valence-electron chi connectivity index (χ4n) is 3.43. The van der Waals surface area contributed by atoms with Crippen LogP contribution >= 0.6 is 23.8 Å². The van der Waals surface area contributed by atoms with E-state index in [2.05, 4.69) is 35.8 Å². The van der Waals surface area contributed by atoms with Crippen molar-refractivity contribution in [1.82, 2.24) is 25.5 Å². The molecule has 0 saturated carbocycles. The molecular weight excluding hydrogens is 458 g/mol. The van der Waals surface area contributed by atoms with Crippen molar-refractivity contribution in [2.45, 2.75) is 26.7 Å². The van der Waals surface area contributed by atoms with E-state index in [1.807, 2.05) is 44.2 Å². The molecule has 1 saturated heterocycles. The van der Waals surface area contributed by atoms with Crippen LogP contribution in [0.1, 0.15) is 23.4 Å². The Hall–Kier alpha value is -2.33. The Labute approximate surface area is 206 Å². The molecule has 0 spiro atoms. The minimum Gasteiger partial charge on any atom is -0.379 e. The molecule has 8 nitrogen and oxygen atoms in total. The van der Waals surface area contributed by atoms with E-state index in [-0.39, 0.29) is 0 Å².